The van der Waals surface area contributed by atoms with Gasteiger partial charge in [0.25, 0.3) is 0 Å². The quantitative estimate of drug-likeness (QED) is 0.254. The van der Waals surface area contributed by atoms with Gasteiger partial charge in [0.05, 0.1) is 12.1 Å². The summed E-state index contributed by atoms with van der Waals surface area (Å²) in [6, 6.07) is 8.74. The topological polar surface area (TPSA) is 47.9 Å². The van der Waals surface area contributed by atoms with E-state index < -0.39 is 5.97 Å². The van der Waals surface area contributed by atoms with Gasteiger partial charge in [0.15, 0.2) is 0 Å². The van der Waals surface area contributed by atoms with Gasteiger partial charge in [-0.05, 0) is 12.1 Å². The Morgan fingerprint density at radius 1 is 1.40 bits per heavy atom. The monoisotopic (exact) mass is 227 g/mol. The Hall–Kier alpha value is -1.55. The maximum Gasteiger partial charge on any atom is 0.352 e. The number of rotatable bonds is 5. The van der Waals surface area contributed by atoms with Crippen molar-refractivity contribution in [3.05, 3.63) is 30.3 Å². The molecule has 0 aromatic heterocycles. The highest BCUT2D eigenvalue weighted by atomic mass is 35.5. The summed E-state index contributed by atoms with van der Waals surface area (Å²) in [6.45, 7) is -0.234. The van der Waals surface area contributed by atoms with E-state index in [4.69, 9.17) is 16.3 Å². The number of ether oxygens (including phenoxy) is 1. The average molecular weight is 228 g/mol. The first kappa shape index (κ1) is 11.5. The molecule has 1 rings (SSSR count). The summed E-state index contributed by atoms with van der Waals surface area (Å²) in [6.07, 6.45) is 1.34. The Labute approximate surface area is 92.4 Å². The molecule has 0 aliphatic rings. The van der Waals surface area contributed by atoms with E-state index in [0.29, 0.717) is 5.75 Å². The number of esters is 1. The molecule has 0 saturated heterocycles. The summed E-state index contributed by atoms with van der Waals surface area (Å²) < 4.78 is 4.92. The Morgan fingerprint density at radius 3 is 2.80 bits per heavy atom. The number of carbonyl (C=O) groups excluding carboxylic acids is 1. The van der Waals surface area contributed by atoms with Crippen LogP contribution in [0.1, 0.15) is 0 Å². The second-order valence-electron chi connectivity index (χ2n) is 2.50. The molecule has 0 radical (unpaired) electrons. The van der Waals surface area contributed by atoms with Crippen LogP contribution in [-0.4, -0.2) is 24.7 Å². The number of hydrogen-bond donors (Lipinski definition) is 0. The molecule has 5 heteroatoms. The average Bonchev–Trinajstić information content (AvgIpc) is 2.26. The maximum absolute atomic E-state index is 11.1. The van der Waals surface area contributed by atoms with Crippen molar-refractivity contribution in [1.29, 1.82) is 0 Å². The van der Waals surface area contributed by atoms with Gasteiger partial charge in [-0.3, -0.25) is 0 Å². The van der Waals surface area contributed by atoms with Crippen LogP contribution < -0.4 is 4.74 Å². The number of hydrogen-bond acceptors (Lipinski definition) is 4. The molecule has 4 nitrogen and oxygen atoms in total. The molecule has 80 valence electrons. The van der Waals surface area contributed by atoms with E-state index in [-0.39, 0.29) is 12.5 Å². The first-order chi connectivity index (χ1) is 7.33. The molecule has 0 spiro atoms. The van der Waals surface area contributed by atoms with Crippen LogP contribution in [0.5, 0.6) is 5.75 Å². The van der Waals surface area contributed by atoms with Crippen molar-refractivity contribution < 1.29 is 14.4 Å². The van der Waals surface area contributed by atoms with Gasteiger partial charge in [-0.25, -0.2) is 4.79 Å². The van der Waals surface area contributed by atoms with E-state index >= 15 is 0 Å². The fraction of sp³-hybridized carbons (Fsp3) is 0.200. The summed E-state index contributed by atoms with van der Waals surface area (Å²) >= 11 is 5.30. The summed E-state index contributed by atoms with van der Waals surface area (Å²) in [7, 11) is 0. The van der Waals surface area contributed by atoms with Gasteiger partial charge in [0.1, 0.15) is 5.75 Å². The number of halogens is 1. The molecule has 15 heavy (non-hydrogen) atoms. The van der Waals surface area contributed by atoms with Crippen molar-refractivity contribution in [2.24, 2.45) is 5.16 Å². The van der Waals surface area contributed by atoms with E-state index in [9.17, 15) is 4.79 Å². The smallest absolute Gasteiger partial charge is 0.352 e. The van der Waals surface area contributed by atoms with Gasteiger partial charge in [0.2, 0.25) is 6.61 Å². The van der Waals surface area contributed by atoms with E-state index in [1.54, 1.807) is 24.3 Å². The SMILES string of the molecule is O=C(CON=CCCl)Oc1ccccc1. The minimum Gasteiger partial charge on any atom is -0.424 e. The maximum atomic E-state index is 11.1. The van der Waals surface area contributed by atoms with Crippen LogP contribution in [-0.2, 0) is 9.63 Å². The largest absolute Gasteiger partial charge is 0.424 e. The van der Waals surface area contributed by atoms with Crippen molar-refractivity contribution >= 4 is 23.8 Å². The first-order valence-electron chi connectivity index (χ1n) is 4.28. The Bertz CT molecular complexity index is 327. The van der Waals surface area contributed by atoms with Crippen molar-refractivity contribution in [2.75, 3.05) is 12.5 Å². The summed E-state index contributed by atoms with van der Waals surface area (Å²) in [5, 5.41) is 3.41. The zero-order valence-electron chi connectivity index (χ0n) is 7.93. The van der Waals surface area contributed by atoms with Crippen molar-refractivity contribution in [3.8, 4) is 5.75 Å². The second-order valence-corrected chi connectivity index (χ2v) is 2.81. The van der Waals surface area contributed by atoms with Crippen LogP contribution >= 0.6 is 11.6 Å². The molecule has 0 aliphatic carbocycles. The zero-order chi connectivity index (χ0) is 10.9. The van der Waals surface area contributed by atoms with E-state index in [1.807, 2.05) is 6.07 Å². The second kappa shape index (κ2) is 6.84. The van der Waals surface area contributed by atoms with Crippen molar-refractivity contribution in [2.45, 2.75) is 0 Å². The van der Waals surface area contributed by atoms with Crippen molar-refractivity contribution in [1.82, 2.24) is 0 Å². The highest BCUT2D eigenvalue weighted by Gasteiger charge is 2.03. The van der Waals surface area contributed by atoms with Crippen LogP contribution in [0.2, 0.25) is 0 Å². The molecule has 1 aromatic carbocycles. The third-order valence-electron chi connectivity index (χ3n) is 1.38. The lowest BCUT2D eigenvalue weighted by molar-refractivity contribution is -0.139. The molecule has 0 bridgehead atoms. The minimum atomic E-state index is -0.507. The molecule has 1 aromatic rings. The molecular weight excluding hydrogens is 218 g/mol. The predicted octanol–water partition coefficient (Wildman–Crippen LogP) is 1.83. The van der Waals surface area contributed by atoms with Crippen LogP contribution in [0.3, 0.4) is 0 Å². The number of para-hydroxylation sites is 1. The fourth-order valence-corrected chi connectivity index (χ4v) is 0.877. The number of oxime groups is 1. The number of benzene rings is 1. The van der Waals surface area contributed by atoms with Gasteiger partial charge >= 0.3 is 5.97 Å². The molecule has 0 saturated carbocycles. The molecule has 0 amide bonds. The zero-order valence-corrected chi connectivity index (χ0v) is 8.68. The highest BCUT2D eigenvalue weighted by molar-refractivity contribution is 6.24. The molecule has 0 aliphatic heterocycles. The Balaban J connectivity index is 2.28. The molecule has 0 heterocycles. The lowest BCUT2D eigenvalue weighted by Crippen LogP contribution is -2.13. The van der Waals surface area contributed by atoms with Gasteiger partial charge in [0, 0.05) is 0 Å². The lowest BCUT2D eigenvalue weighted by Gasteiger charge is -2.02. The van der Waals surface area contributed by atoms with Gasteiger partial charge in [-0.15, -0.1) is 11.6 Å². The molecule has 0 atom stereocenters. The van der Waals surface area contributed by atoms with E-state index in [2.05, 4.69) is 9.99 Å². The molecular formula is C10H10ClNO3. The normalized spacial score (nSPS) is 10.2. The first-order valence-corrected chi connectivity index (χ1v) is 4.82. The highest BCUT2D eigenvalue weighted by Crippen LogP contribution is 2.08. The van der Waals surface area contributed by atoms with Crippen molar-refractivity contribution in [3.63, 3.8) is 0 Å². The lowest BCUT2D eigenvalue weighted by atomic mass is 10.3. The van der Waals surface area contributed by atoms with Gasteiger partial charge < -0.3 is 9.57 Å². The Kier molecular flexibility index (Phi) is 5.25. The van der Waals surface area contributed by atoms with Gasteiger partial charge in [-0.1, -0.05) is 23.4 Å². The fourth-order valence-electron chi connectivity index (χ4n) is 0.820. The number of nitrogens with zero attached hydrogens (tertiary/aromatic N) is 1. The molecule has 0 N–H and O–H groups in total. The van der Waals surface area contributed by atoms with Crippen LogP contribution in [0.15, 0.2) is 35.5 Å². The summed E-state index contributed by atoms with van der Waals surface area (Å²) in [5.74, 6) is 0.216. The van der Waals surface area contributed by atoms with E-state index in [0.717, 1.165) is 0 Å². The van der Waals surface area contributed by atoms with Crippen LogP contribution in [0.4, 0.5) is 0 Å². The minimum absolute atomic E-state index is 0.234. The molecule has 0 unspecified atom stereocenters. The van der Waals surface area contributed by atoms with Crippen LogP contribution in [0, 0.1) is 0 Å². The van der Waals surface area contributed by atoms with Crippen LogP contribution in [0.25, 0.3) is 0 Å². The Morgan fingerprint density at radius 2 is 2.13 bits per heavy atom. The summed E-state index contributed by atoms with van der Waals surface area (Å²) in [5.41, 5.74) is 0. The summed E-state index contributed by atoms with van der Waals surface area (Å²) in [4.78, 5) is 15.7. The molecule has 0 fully saturated rings. The third-order valence-corrected chi connectivity index (χ3v) is 1.51. The number of carbonyl (C=O) groups is 1. The van der Waals surface area contributed by atoms with E-state index in [1.165, 1.54) is 6.21 Å². The standard InChI is InChI=1S/C10H10ClNO3/c11-6-7-12-14-8-10(13)15-9-4-2-1-3-5-9/h1-5,7H,6,8H2. The van der Waals surface area contributed by atoms with Gasteiger partial charge in [-0.2, -0.15) is 0 Å². The number of alkyl halides is 1. The predicted molar refractivity (Wildman–Crippen MR) is 57.2 cm³/mol. The third kappa shape index (κ3) is 5.02.